The molecule has 0 fully saturated rings. The van der Waals surface area contributed by atoms with Crippen LogP contribution in [0.5, 0.6) is 0 Å². The van der Waals surface area contributed by atoms with Gasteiger partial charge >= 0.3 is 1800 Å². The monoisotopic (exact) mass is 1360 g/mol. The second kappa shape index (κ2) is 227. The summed E-state index contributed by atoms with van der Waals surface area (Å²) in [6.45, 7) is 0. The Morgan fingerprint density at radius 3 is 0.0286 bits per heavy atom. The molecule has 0 bridgehead atoms. The van der Waals surface area contributed by atoms with Crippen LogP contribution in [0.1, 0.15) is 0 Å². The third-order valence-corrected chi connectivity index (χ3v) is 0. The minimum atomic E-state index is 0. The van der Waals surface area contributed by atoms with Gasteiger partial charge in [-0.3, -0.25) is 0 Å². The van der Waals surface area contributed by atoms with E-state index in [4.69, 9.17) is 0 Å². The van der Waals surface area contributed by atoms with E-state index >= 15 is 0 Å². The summed E-state index contributed by atoms with van der Waals surface area (Å²) in [4.78, 5) is 0. The van der Waals surface area contributed by atoms with Crippen LogP contribution in [0.2, 0.25) is 0 Å². The number of hydrogen-bond donors (Lipinski definition) is 0. The van der Waals surface area contributed by atoms with Gasteiger partial charge in [-0.15, -0.1) is 0 Å². The molecule has 0 radical (unpaired) electrons. The van der Waals surface area contributed by atoms with Crippen molar-refractivity contribution in [1.82, 2.24) is 0 Å². The summed E-state index contributed by atoms with van der Waals surface area (Å²) < 4.78 is 0. The zero-order valence-electron chi connectivity index (χ0n) is 35.0. The zero-order chi connectivity index (χ0) is 0. The van der Waals surface area contributed by atoms with Crippen molar-refractivity contribution in [2.75, 3.05) is 0 Å². The Labute approximate surface area is 1710 Å². The van der Waals surface area contributed by atoms with Crippen LogP contribution in [0.4, 0.5) is 0 Å². The molecule has 0 aliphatic rings. The molecule has 0 aromatic heterocycles. The minimum Gasteiger partial charge on any atom is 1.00 e. The predicted molar refractivity (Wildman–Crippen MR) is 0 cm³/mol. The quantitative estimate of drug-likeness (QED) is 0.212. The summed E-state index contributed by atoms with van der Waals surface area (Å²) >= 11 is 0. The Hall–Kier alpha value is 57.3. The third-order valence-electron chi connectivity index (χ3n) is 0. The first-order chi connectivity index (χ1) is 0. The smallest absolute Gasteiger partial charge is 1.00 e. The average Bonchev–Trinajstić information content (AvgIpc) is 0. The molecule has 0 N–H and O–H groups in total. The van der Waals surface area contributed by atoms with Gasteiger partial charge in [0.25, 0.3) is 0 Å². The SMILES string of the molecule is [K+].[K+].[K+].[K+].[K+].[K+].[K+].[K+].[K+].[K+].[K+].[K+].[K+].[K+].[K+].[K+].[K+].[K+].[K+].[K+].[K+].[K+].[K+].[K+].[K+].[K+].[K+].[K+].[K+].[K+].[K+].[K+].[K+].[K+].[K+]. The van der Waals surface area contributed by atoms with Gasteiger partial charge < -0.3 is 0 Å². The van der Waals surface area contributed by atoms with Crippen LogP contribution in [0.15, 0.2) is 0 Å². The predicted octanol–water partition coefficient (Wildman–Crippen LogP) is -105. The molecule has 0 amide bonds. The summed E-state index contributed by atoms with van der Waals surface area (Å²) in [5.74, 6) is 0. The molecule has 0 atom stereocenters. The fourth-order valence-corrected chi connectivity index (χ4v) is 0. The van der Waals surface area contributed by atoms with Crippen LogP contribution >= 0.6 is 0 Å². The molecule has 0 aliphatic carbocycles. The Morgan fingerprint density at radius 2 is 0.0286 bits per heavy atom. The summed E-state index contributed by atoms with van der Waals surface area (Å²) in [5.41, 5.74) is 0. The fourth-order valence-electron chi connectivity index (χ4n) is 0. The summed E-state index contributed by atoms with van der Waals surface area (Å²) in [6.07, 6.45) is 0. The molecule has 0 valence electrons. The molecule has 0 aromatic rings. The van der Waals surface area contributed by atoms with E-state index in [1.807, 2.05) is 0 Å². The van der Waals surface area contributed by atoms with Crippen molar-refractivity contribution in [2.24, 2.45) is 0 Å². The van der Waals surface area contributed by atoms with Gasteiger partial charge in [0, 0.05) is 0 Å². The van der Waals surface area contributed by atoms with Crippen molar-refractivity contribution < 1.29 is 1800 Å². The van der Waals surface area contributed by atoms with Crippen molar-refractivity contribution in [3.8, 4) is 0 Å². The fraction of sp³-hybridized carbons (Fsp3) is 0. The Bertz CT molecular complexity index is 0. The van der Waals surface area contributed by atoms with Crippen LogP contribution in [-0.4, -0.2) is 0 Å². The third kappa shape index (κ3) is 222. The van der Waals surface area contributed by atoms with Crippen molar-refractivity contribution in [1.29, 1.82) is 0 Å². The first-order valence-electron chi connectivity index (χ1n) is 0. The second-order valence-electron chi connectivity index (χ2n) is 0. The van der Waals surface area contributed by atoms with Gasteiger partial charge in [-0.05, 0) is 0 Å². The van der Waals surface area contributed by atoms with Gasteiger partial charge in [-0.25, -0.2) is 0 Å². The van der Waals surface area contributed by atoms with Gasteiger partial charge in [0.2, 0.25) is 0 Å². The van der Waals surface area contributed by atoms with Crippen LogP contribution in [-0.2, 0) is 0 Å². The Kier molecular flexibility index (Phi) is 1520. The van der Waals surface area contributed by atoms with Gasteiger partial charge in [0.15, 0.2) is 0 Å². The largest absolute Gasteiger partial charge is 1.00 e. The molecular formula is K35+35. The van der Waals surface area contributed by atoms with Crippen LogP contribution in [0, 0.1) is 0 Å². The van der Waals surface area contributed by atoms with Crippen molar-refractivity contribution >= 4 is 0 Å². The van der Waals surface area contributed by atoms with E-state index < -0.39 is 0 Å². The number of rotatable bonds is 0. The van der Waals surface area contributed by atoms with Gasteiger partial charge in [0.1, 0.15) is 0 Å². The van der Waals surface area contributed by atoms with Crippen LogP contribution in [0.25, 0.3) is 0 Å². The summed E-state index contributed by atoms with van der Waals surface area (Å²) in [7, 11) is 0. The maximum Gasteiger partial charge on any atom is 1.00 e. The second-order valence-corrected chi connectivity index (χ2v) is 0. The molecule has 0 aliphatic heterocycles. The molecule has 0 rings (SSSR count). The van der Waals surface area contributed by atoms with Crippen molar-refractivity contribution in [2.45, 2.75) is 0 Å². The van der Waals surface area contributed by atoms with E-state index in [2.05, 4.69) is 0 Å². The molecule has 0 unspecified atom stereocenters. The maximum absolute atomic E-state index is 0. The van der Waals surface area contributed by atoms with Gasteiger partial charge in [-0.1, -0.05) is 0 Å². The van der Waals surface area contributed by atoms with E-state index in [0.29, 0.717) is 0 Å². The molecule has 35 heteroatoms. The summed E-state index contributed by atoms with van der Waals surface area (Å²) in [5, 5.41) is 0. The Balaban J connectivity index is 0. The van der Waals surface area contributed by atoms with Crippen LogP contribution < -0.4 is 1800 Å². The molecular weight excluding hydrogens is 1370 g/mol. The molecule has 35 heavy (non-hydrogen) atoms. The zero-order valence-corrected chi connectivity index (χ0v) is 144. The van der Waals surface area contributed by atoms with E-state index in [1.54, 1.807) is 0 Å². The van der Waals surface area contributed by atoms with Crippen LogP contribution in [0.3, 0.4) is 0 Å². The molecule has 0 saturated carbocycles. The van der Waals surface area contributed by atoms with E-state index in [1.165, 1.54) is 0 Å². The van der Waals surface area contributed by atoms with Crippen molar-refractivity contribution in [3.05, 3.63) is 0 Å². The minimum absolute atomic E-state index is 0. The first kappa shape index (κ1) is 234. The molecule has 0 aromatic carbocycles. The normalized spacial score (nSPS) is 0. The number of hydrogen-bond acceptors (Lipinski definition) is 0. The molecule has 0 saturated heterocycles. The maximum atomic E-state index is 0. The topological polar surface area (TPSA) is 0 Å². The van der Waals surface area contributed by atoms with E-state index in [-0.39, 0.29) is 1800 Å². The van der Waals surface area contributed by atoms with E-state index in [9.17, 15) is 0 Å². The van der Waals surface area contributed by atoms with Gasteiger partial charge in [0.05, 0.1) is 0 Å². The molecule has 0 heterocycles. The first-order valence-corrected chi connectivity index (χ1v) is 0. The average molecular weight is 1370 g/mol. The van der Waals surface area contributed by atoms with Gasteiger partial charge in [-0.2, -0.15) is 0 Å². The molecule has 0 nitrogen and oxygen atoms in total. The summed E-state index contributed by atoms with van der Waals surface area (Å²) in [6, 6.07) is 0. The van der Waals surface area contributed by atoms with E-state index in [0.717, 1.165) is 0 Å². The van der Waals surface area contributed by atoms with Crippen molar-refractivity contribution in [3.63, 3.8) is 0 Å². The Morgan fingerprint density at radius 1 is 0.0286 bits per heavy atom. The standard InChI is InChI=1S/35K/q35*+1. The molecule has 0 spiro atoms.